The zero-order valence-electron chi connectivity index (χ0n) is 10.2. The summed E-state index contributed by atoms with van der Waals surface area (Å²) in [5.41, 5.74) is 6.06. The third kappa shape index (κ3) is 3.18. The van der Waals surface area contributed by atoms with Crippen molar-refractivity contribution in [3.8, 4) is 0 Å². The van der Waals surface area contributed by atoms with Gasteiger partial charge in [-0.1, -0.05) is 29.3 Å². The number of hydrogen-bond donors (Lipinski definition) is 2. The monoisotopic (exact) mass is 313 g/mol. The van der Waals surface area contributed by atoms with Gasteiger partial charge in [0.1, 0.15) is 11.0 Å². The molecule has 0 bridgehead atoms. The highest BCUT2D eigenvalue weighted by Crippen LogP contribution is 2.23. The van der Waals surface area contributed by atoms with Gasteiger partial charge in [-0.2, -0.15) is 0 Å². The maximum atomic E-state index is 13.6. The summed E-state index contributed by atoms with van der Waals surface area (Å²) in [5, 5.41) is 3.37. The first kappa shape index (κ1) is 14.6. The van der Waals surface area contributed by atoms with Crippen LogP contribution in [0.25, 0.3) is 0 Å². The van der Waals surface area contributed by atoms with E-state index in [2.05, 4.69) is 10.3 Å². The van der Waals surface area contributed by atoms with Crippen LogP contribution in [0.4, 0.5) is 10.1 Å². The molecule has 104 valence electrons. The molecule has 0 saturated heterocycles. The molecule has 1 amide bonds. The molecule has 0 saturated carbocycles. The van der Waals surface area contributed by atoms with E-state index in [1.807, 2.05) is 0 Å². The Kier molecular flexibility index (Phi) is 4.42. The molecule has 1 aromatic heterocycles. The third-order valence-electron chi connectivity index (χ3n) is 2.65. The SMILES string of the molecule is NC(=O)c1cnc(Cl)cc1NCc1c(F)cccc1Cl. The van der Waals surface area contributed by atoms with Gasteiger partial charge in [0, 0.05) is 23.3 Å². The van der Waals surface area contributed by atoms with E-state index in [0.717, 1.165) is 0 Å². The molecular weight excluding hydrogens is 304 g/mol. The Labute approximate surface area is 124 Å². The minimum Gasteiger partial charge on any atom is -0.380 e. The van der Waals surface area contributed by atoms with Crippen molar-refractivity contribution in [2.45, 2.75) is 6.54 Å². The average molecular weight is 314 g/mol. The van der Waals surface area contributed by atoms with Crippen LogP contribution in [-0.4, -0.2) is 10.9 Å². The molecular formula is C13H10Cl2FN3O. The van der Waals surface area contributed by atoms with Gasteiger partial charge < -0.3 is 11.1 Å². The quantitative estimate of drug-likeness (QED) is 0.851. The van der Waals surface area contributed by atoms with Crippen LogP contribution >= 0.6 is 23.2 Å². The third-order valence-corrected chi connectivity index (χ3v) is 3.21. The number of rotatable bonds is 4. The number of nitrogens with two attached hydrogens (primary N) is 1. The van der Waals surface area contributed by atoms with Crippen molar-refractivity contribution in [3.63, 3.8) is 0 Å². The van der Waals surface area contributed by atoms with Gasteiger partial charge in [0.15, 0.2) is 0 Å². The largest absolute Gasteiger partial charge is 0.380 e. The number of halogens is 3. The van der Waals surface area contributed by atoms with Crippen LogP contribution in [0.1, 0.15) is 15.9 Å². The summed E-state index contributed by atoms with van der Waals surface area (Å²) in [6.07, 6.45) is 1.26. The molecule has 1 heterocycles. The lowest BCUT2D eigenvalue weighted by atomic mass is 10.2. The van der Waals surface area contributed by atoms with Gasteiger partial charge in [0.25, 0.3) is 5.91 Å². The standard InChI is InChI=1S/C13H10Cl2FN3O/c14-9-2-1-3-10(16)7(9)5-18-11-4-12(15)19-6-8(11)13(17)20/h1-4,6H,5H2,(H2,17,20)(H,18,19). The van der Waals surface area contributed by atoms with Crippen molar-refractivity contribution >= 4 is 34.8 Å². The molecule has 0 radical (unpaired) electrons. The average Bonchev–Trinajstić information content (AvgIpc) is 2.37. The van der Waals surface area contributed by atoms with E-state index in [1.54, 1.807) is 6.07 Å². The van der Waals surface area contributed by atoms with Crippen LogP contribution in [0.15, 0.2) is 30.5 Å². The predicted molar refractivity (Wildman–Crippen MR) is 76.5 cm³/mol. The number of carbonyl (C=O) groups is 1. The normalized spacial score (nSPS) is 10.3. The number of nitrogens with one attached hydrogen (secondary N) is 1. The van der Waals surface area contributed by atoms with Crippen LogP contribution in [0, 0.1) is 5.82 Å². The zero-order valence-corrected chi connectivity index (χ0v) is 11.7. The molecule has 0 atom stereocenters. The lowest BCUT2D eigenvalue weighted by Gasteiger charge is -2.11. The van der Waals surface area contributed by atoms with Crippen LogP contribution in [-0.2, 0) is 6.54 Å². The van der Waals surface area contributed by atoms with E-state index in [0.29, 0.717) is 10.7 Å². The fourth-order valence-corrected chi connectivity index (χ4v) is 2.05. The molecule has 20 heavy (non-hydrogen) atoms. The summed E-state index contributed by atoms with van der Waals surface area (Å²) in [4.78, 5) is 15.1. The molecule has 3 N–H and O–H groups in total. The minimum absolute atomic E-state index is 0.0894. The van der Waals surface area contributed by atoms with E-state index >= 15 is 0 Å². The number of pyridine rings is 1. The number of primary amides is 1. The number of anilines is 1. The summed E-state index contributed by atoms with van der Waals surface area (Å²) in [6.45, 7) is 0.0894. The Morgan fingerprint density at radius 2 is 2.15 bits per heavy atom. The lowest BCUT2D eigenvalue weighted by molar-refractivity contribution is 0.100. The fourth-order valence-electron chi connectivity index (χ4n) is 1.66. The Morgan fingerprint density at radius 1 is 1.40 bits per heavy atom. The lowest BCUT2D eigenvalue weighted by Crippen LogP contribution is -2.15. The van der Waals surface area contributed by atoms with Gasteiger partial charge in [-0.05, 0) is 18.2 Å². The van der Waals surface area contributed by atoms with Gasteiger partial charge in [-0.15, -0.1) is 0 Å². The molecule has 0 aliphatic carbocycles. The van der Waals surface area contributed by atoms with Gasteiger partial charge in [-0.3, -0.25) is 4.79 Å². The Balaban J connectivity index is 2.27. The topological polar surface area (TPSA) is 68.0 Å². The Hall–Kier alpha value is -1.85. The van der Waals surface area contributed by atoms with Crippen molar-refractivity contribution in [3.05, 3.63) is 57.6 Å². The summed E-state index contributed by atoms with van der Waals surface area (Å²) >= 11 is 11.7. The van der Waals surface area contributed by atoms with Crippen molar-refractivity contribution in [2.75, 3.05) is 5.32 Å². The molecule has 4 nitrogen and oxygen atoms in total. The predicted octanol–water partition coefficient (Wildman–Crippen LogP) is 3.24. The molecule has 1 aromatic carbocycles. The van der Waals surface area contributed by atoms with Crippen LogP contribution in [0.3, 0.4) is 0 Å². The highest BCUT2D eigenvalue weighted by molar-refractivity contribution is 6.31. The minimum atomic E-state index is -0.656. The summed E-state index contributed by atoms with van der Waals surface area (Å²) in [5.74, 6) is -1.10. The summed E-state index contributed by atoms with van der Waals surface area (Å²) in [6, 6.07) is 5.84. The highest BCUT2D eigenvalue weighted by atomic mass is 35.5. The Bertz CT molecular complexity index is 644. The number of amides is 1. The van der Waals surface area contributed by atoms with Crippen LogP contribution < -0.4 is 11.1 Å². The molecule has 7 heteroatoms. The smallest absolute Gasteiger partial charge is 0.252 e. The van der Waals surface area contributed by atoms with Crippen LogP contribution in [0.5, 0.6) is 0 Å². The van der Waals surface area contributed by atoms with Gasteiger partial charge in [0.2, 0.25) is 0 Å². The van der Waals surface area contributed by atoms with Crippen molar-refractivity contribution in [1.29, 1.82) is 0 Å². The van der Waals surface area contributed by atoms with Crippen molar-refractivity contribution in [1.82, 2.24) is 4.98 Å². The van der Waals surface area contributed by atoms with Crippen LogP contribution in [0.2, 0.25) is 10.2 Å². The fraction of sp³-hybridized carbons (Fsp3) is 0.0769. The van der Waals surface area contributed by atoms with Gasteiger partial charge in [-0.25, -0.2) is 9.37 Å². The van der Waals surface area contributed by atoms with E-state index in [1.165, 1.54) is 24.4 Å². The molecule has 0 aliphatic heterocycles. The summed E-state index contributed by atoms with van der Waals surface area (Å²) < 4.78 is 13.6. The second-order valence-electron chi connectivity index (χ2n) is 3.97. The molecule has 0 spiro atoms. The van der Waals surface area contributed by atoms with Crippen molar-refractivity contribution in [2.24, 2.45) is 5.73 Å². The highest BCUT2D eigenvalue weighted by Gasteiger charge is 2.12. The van der Waals surface area contributed by atoms with E-state index < -0.39 is 11.7 Å². The number of carbonyl (C=O) groups excluding carboxylic acids is 1. The molecule has 2 rings (SSSR count). The second kappa shape index (κ2) is 6.07. The first-order valence-corrected chi connectivity index (χ1v) is 6.36. The van der Waals surface area contributed by atoms with E-state index in [4.69, 9.17) is 28.9 Å². The number of nitrogens with zero attached hydrogens (tertiary/aromatic N) is 1. The Morgan fingerprint density at radius 3 is 2.80 bits per heavy atom. The van der Waals surface area contributed by atoms with Crippen molar-refractivity contribution < 1.29 is 9.18 Å². The molecule has 2 aromatic rings. The first-order chi connectivity index (χ1) is 9.49. The maximum Gasteiger partial charge on any atom is 0.252 e. The van der Waals surface area contributed by atoms with Gasteiger partial charge >= 0.3 is 0 Å². The maximum absolute atomic E-state index is 13.6. The molecule has 0 aliphatic rings. The van der Waals surface area contributed by atoms with E-state index in [-0.39, 0.29) is 22.8 Å². The first-order valence-electron chi connectivity index (χ1n) is 5.61. The van der Waals surface area contributed by atoms with E-state index in [9.17, 15) is 9.18 Å². The second-order valence-corrected chi connectivity index (χ2v) is 4.77. The number of hydrogen-bond acceptors (Lipinski definition) is 3. The zero-order chi connectivity index (χ0) is 14.7. The molecule has 0 unspecified atom stereocenters. The number of benzene rings is 1. The molecule has 0 fully saturated rings. The summed E-state index contributed by atoms with van der Waals surface area (Å²) in [7, 11) is 0. The van der Waals surface area contributed by atoms with Gasteiger partial charge in [0.05, 0.1) is 11.3 Å². The number of aromatic nitrogens is 1.